The Kier molecular flexibility index (Phi) is 6.17. The molecule has 3 amide bonds. The van der Waals surface area contributed by atoms with Crippen molar-refractivity contribution in [2.45, 2.75) is 19.5 Å². The highest BCUT2D eigenvalue weighted by Crippen LogP contribution is 2.23. The average Bonchev–Trinajstić information content (AvgIpc) is 3.10. The van der Waals surface area contributed by atoms with E-state index in [9.17, 15) is 9.59 Å². The van der Waals surface area contributed by atoms with Gasteiger partial charge in [0, 0.05) is 30.9 Å². The van der Waals surface area contributed by atoms with Gasteiger partial charge in [0.15, 0.2) is 0 Å². The van der Waals surface area contributed by atoms with E-state index in [1.807, 2.05) is 12.1 Å². The third-order valence-corrected chi connectivity index (χ3v) is 5.03. The van der Waals surface area contributed by atoms with Crippen LogP contribution in [0.4, 0.5) is 10.5 Å². The monoisotopic (exact) mass is 369 g/mol. The van der Waals surface area contributed by atoms with Crippen LogP contribution in [0.15, 0.2) is 48.5 Å². The van der Waals surface area contributed by atoms with Gasteiger partial charge in [0.1, 0.15) is 0 Å². The number of hydrogen-bond acceptors (Lipinski definition) is 3. The first kappa shape index (κ1) is 18.3. The highest BCUT2D eigenvalue weighted by Gasteiger charge is 2.22. The van der Waals surface area contributed by atoms with Crippen LogP contribution in [0.2, 0.25) is 0 Å². The van der Waals surface area contributed by atoms with Gasteiger partial charge in [-0.25, -0.2) is 4.79 Å². The third-order valence-electron chi connectivity index (χ3n) is 4.34. The standard InChI is InChI=1S/C20H23N3O2S/c1-26-12-4-11-21-19(24)15-7-9-18(10-8-15)22-20(25)23-13-16-5-2-3-6-17(16)14-23/h2-3,5-10H,4,11-14H2,1H3,(H,21,24)(H,22,25). The molecule has 0 fully saturated rings. The molecule has 0 bridgehead atoms. The lowest BCUT2D eigenvalue weighted by molar-refractivity contribution is 0.0954. The van der Waals surface area contributed by atoms with Crippen LogP contribution >= 0.6 is 11.8 Å². The highest BCUT2D eigenvalue weighted by atomic mass is 32.2. The molecule has 3 rings (SSSR count). The highest BCUT2D eigenvalue weighted by molar-refractivity contribution is 7.98. The average molecular weight is 369 g/mol. The van der Waals surface area contributed by atoms with E-state index in [1.54, 1.807) is 40.9 Å². The van der Waals surface area contributed by atoms with Gasteiger partial charge in [-0.15, -0.1) is 0 Å². The molecular weight excluding hydrogens is 346 g/mol. The molecule has 0 saturated heterocycles. The smallest absolute Gasteiger partial charge is 0.322 e. The van der Waals surface area contributed by atoms with Crippen molar-refractivity contribution in [2.24, 2.45) is 0 Å². The van der Waals surface area contributed by atoms with Gasteiger partial charge in [-0.3, -0.25) is 4.79 Å². The second-order valence-electron chi connectivity index (χ2n) is 6.23. The Labute approximate surface area is 158 Å². The van der Waals surface area contributed by atoms with Gasteiger partial charge in [0.05, 0.1) is 0 Å². The number of urea groups is 1. The zero-order chi connectivity index (χ0) is 18.4. The number of benzene rings is 2. The van der Waals surface area contributed by atoms with Crippen LogP contribution in [0, 0.1) is 0 Å². The lowest BCUT2D eigenvalue weighted by Gasteiger charge is -2.16. The molecule has 26 heavy (non-hydrogen) atoms. The fourth-order valence-corrected chi connectivity index (χ4v) is 3.34. The van der Waals surface area contributed by atoms with E-state index in [1.165, 1.54) is 11.1 Å². The maximum absolute atomic E-state index is 12.4. The molecule has 0 aliphatic carbocycles. The summed E-state index contributed by atoms with van der Waals surface area (Å²) in [4.78, 5) is 26.3. The van der Waals surface area contributed by atoms with Gasteiger partial charge in [-0.05, 0) is 53.8 Å². The van der Waals surface area contributed by atoms with E-state index in [-0.39, 0.29) is 11.9 Å². The molecule has 0 saturated carbocycles. The Morgan fingerprint density at radius 2 is 1.69 bits per heavy atom. The number of anilines is 1. The summed E-state index contributed by atoms with van der Waals surface area (Å²) in [5.74, 6) is 0.949. The number of rotatable bonds is 6. The SMILES string of the molecule is CSCCCNC(=O)c1ccc(NC(=O)N2Cc3ccccc3C2)cc1. The topological polar surface area (TPSA) is 61.4 Å². The molecule has 5 nitrogen and oxygen atoms in total. The van der Waals surface area contributed by atoms with E-state index < -0.39 is 0 Å². The van der Waals surface area contributed by atoms with Gasteiger partial charge in [-0.1, -0.05) is 24.3 Å². The number of carbonyl (C=O) groups excluding carboxylic acids is 2. The predicted molar refractivity (Wildman–Crippen MR) is 106 cm³/mol. The minimum absolute atomic E-state index is 0.0843. The number of hydrogen-bond donors (Lipinski definition) is 2. The second-order valence-corrected chi connectivity index (χ2v) is 7.22. The third kappa shape index (κ3) is 4.58. The minimum atomic E-state index is -0.129. The first-order valence-corrected chi connectivity index (χ1v) is 10.1. The number of thioether (sulfide) groups is 1. The molecule has 6 heteroatoms. The summed E-state index contributed by atoms with van der Waals surface area (Å²) in [6.07, 6.45) is 3.01. The van der Waals surface area contributed by atoms with Crippen LogP contribution in [0.3, 0.4) is 0 Å². The van der Waals surface area contributed by atoms with E-state index >= 15 is 0 Å². The Hall–Kier alpha value is -2.47. The summed E-state index contributed by atoms with van der Waals surface area (Å²) in [6.45, 7) is 1.92. The van der Waals surface area contributed by atoms with Crippen molar-refractivity contribution in [3.63, 3.8) is 0 Å². The van der Waals surface area contributed by atoms with Crippen LogP contribution in [-0.4, -0.2) is 35.4 Å². The van der Waals surface area contributed by atoms with E-state index in [2.05, 4.69) is 29.0 Å². The number of amides is 3. The first-order chi connectivity index (χ1) is 12.7. The molecule has 136 valence electrons. The molecule has 1 aliphatic rings. The van der Waals surface area contributed by atoms with E-state index in [4.69, 9.17) is 0 Å². The summed E-state index contributed by atoms with van der Waals surface area (Å²) < 4.78 is 0. The summed E-state index contributed by atoms with van der Waals surface area (Å²) in [5, 5.41) is 5.80. The van der Waals surface area contributed by atoms with Gasteiger partial charge >= 0.3 is 6.03 Å². The van der Waals surface area contributed by atoms with Crippen LogP contribution in [0.5, 0.6) is 0 Å². The Morgan fingerprint density at radius 3 is 2.31 bits per heavy atom. The van der Waals surface area contributed by atoms with Gasteiger partial charge < -0.3 is 15.5 Å². The summed E-state index contributed by atoms with van der Waals surface area (Å²) in [6, 6.07) is 14.9. The molecule has 0 radical (unpaired) electrons. The van der Waals surface area contributed by atoms with Crippen molar-refractivity contribution < 1.29 is 9.59 Å². The molecule has 0 atom stereocenters. The number of carbonyl (C=O) groups is 2. The fraction of sp³-hybridized carbons (Fsp3) is 0.300. The normalized spacial score (nSPS) is 12.6. The van der Waals surface area contributed by atoms with Gasteiger partial charge in [0.25, 0.3) is 5.91 Å². The van der Waals surface area contributed by atoms with Crippen LogP contribution in [0.25, 0.3) is 0 Å². The lowest BCUT2D eigenvalue weighted by atomic mass is 10.1. The quantitative estimate of drug-likeness (QED) is 0.763. The van der Waals surface area contributed by atoms with Crippen molar-refractivity contribution in [2.75, 3.05) is 23.9 Å². The van der Waals surface area contributed by atoms with Crippen molar-refractivity contribution >= 4 is 29.4 Å². The number of fused-ring (bicyclic) bond motifs is 1. The van der Waals surface area contributed by atoms with Crippen molar-refractivity contribution in [1.29, 1.82) is 0 Å². The van der Waals surface area contributed by atoms with Crippen LogP contribution in [0.1, 0.15) is 27.9 Å². The van der Waals surface area contributed by atoms with Crippen molar-refractivity contribution in [3.05, 3.63) is 65.2 Å². The number of nitrogens with zero attached hydrogens (tertiary/aromatic N) is 1. The molecular formula is C20H23N3O2S. The minimum Gasteiger partial charge on any atom is -0.352 e. The Morgan fingerprint density at radius 1 is 1.04 bits per heavy atom. The van der Waals surface area contributed by atoms with E-state index in [0.29, 0.717) is 30.9 Å². The van der Waals surface area contributed by atoms with Crippen LogP contribution in [-0.2, 0) is 13.1 Å². The summed E-state index contributed by atoms with van der Waals surface area (Å²) >= 11 is 1.77. The van der Waals surface area contributed by atoms with E-state index in [0.717, 1.165) is 12.2 Å². The van der Waals surface area contributed by atoms with Crippen molar-refractivity contribution in [3.8, 4) is 0 Å². The largest absolute Gasteiger partial charge is 0.352 e. The lowest BCUT2D eigenvalue weighted by Crippen LogP contribution is -2.30. The maximum Gasteiger partial charge on any atom is 0.322 e. The molecule has 1 aliphatic heterocycles. The Balaban J connectivity index is 1.51. The van der Waals surface area contributed by atoms with Gasteiger partial charge in [0.2, 0.25) is 0 Å². The molecule has 2 N–H and O–H groups in total. The van der Waals surface area contributed by atoms with Crippen molar-refractivity contribution in [1.82, 2.24) is 10.2 Å². The maximum atomic E-state index is 12.4. The molecule has 0 aromatic heterocycles. The molecule has 0 unspecified atom stereocenters. The molecule has 0 spiro atoms. The summed E-state index contributed by atoms with van der Waals surface area (Å²) in [5.41, 5.74) is 3.66. The summed E-state index contributed by atoms with van der Waals surface area (Å²) in [7, 11) is 0. The predicted octanol–water partition coefficient (Wildman–Crippen LogP) is 3.72. The zero-order valence-electron chi connectivity index (χ0n) is 14.8. The second kappa shape index (κ2) is 8.76. The Bertz CT molecular complexity index is 752. The number of nitrogens with one attached hydrogen (secondary N) is 2. The molecule has 1 heterocycles. The molecule has 2 aromatic carbocycles. The van der Waals surface area contributed by atoms with Crippen LogP contribution < -0.4 is 10.6 Å². The van der Waals surface area contributed by atoms with Gasteiger partial charge in [-0.2, -0.15) is 11.8 Å². The first-order valence-electron chi connectivity index (χ1n) is 8.67. The molecule has 2 aromatic rings. The fourth-order valence-electron chi connectivity index (χ4n) is 2.90. The zero-order valence-corrected chi connectivity index (χ0v) is 15.6.